The first-order chi connectivity index (χ1) is 8.74. The quantitative estimate of drug-likeness (QED) is 0.745. The summed E-state index contributed by atoms with van der Waals surface area (Å²) in [5.41, 5.74) is 6.57. The zero-order chi connectivity index (χ0) is 12.5. The molecular formula is C14H12FN3. The van der Waals surface area contributed by atoms with Gasteiger partial charge in [0, 0.05) is 6.07 Å². The summed E-state index contributed by atoms with van der Waals surface area (Å²) in [6, 6.07) is 12.7. The molecule has 0 spiro atoms. The number of nitrogens with zero attached hydrogens (tertiary/aromatic N) is 2. The minimum absolute atomic E-state index is 0.259. The molecule has 0 saturated carbocycles. The van der Waals surface area contributed by atoms with Crippen LogP contribution in [0.5, 0.6) is 0 Å². The third-order valence-corrected chi connectivity index (χ3v) is 2.82. The maximum atomic E-state index is 13.3. The number of nitrogens with one attached hydrogen (secondary N) is 1. The molecule has 3 nitrogen and oxygen atoms in total. The second-order valence-electron chi connectivity index (χ2n) is 4.18. The highest BCUT2D eigenvalue weighted by Crippen LogP contribution is 2.19. The number of fused-ring (bicyclic) bond motifs is 1. The topological polar surface area (TPSA) is 29.9 Å². The van der Waals surface area contributed by atoms with E-state index in [4.69, 9.17) is 0 Å². The summed E-state index contributed by atoms with van der Waals surface area (Å²) in [7, 11) is 0. The number of benzene rings is 2. The summed E-state index contributed by atoms with van der Waals surface area (Å²) in [6.07, 6.45) is 1.66. The standard InChI is InChI=1S/C14H12FN3/c1-10-7-11(15)8-13-14(10)18(9-16-13)17-12-5-3-2-4-6-12/h2-9,17H,1H3. The predicted molar refractivity (Wildman–Crippen MR) is 69.9 cm³/mol. The van der Waals surface area contributed by atoms with Crippen LogP contribution in [-0.2, 0) is 0 Å². The maximum Gasteiger partial charge on any atom is 0.125 e. The summed E-state index contributed by atoms with van der Waals surface area (Å²) in [6.45, 7) is 1.87. The van der Waals surface area contributed by atoms with E-state index in [1.165, 1.54) is 12.1 Å². The molecule has 90 valence electrons. The van der Waals surface area contributed by atoms with Crippen LogP contribution in [0.4, 0.5) is 10.1 Å². The third-order valence-electron chi connectivity index (χ3n) is 2.82. The molecule has 0 amide bonds. The molecule has 0 atom stereocenters. The first kappa shape index (κ1) is 10.8. The SMILES string of the molecule is Cc1cc(F)cc2ncn(Nc3ccccc3)c12. The van der Waals surface area contributed by atoms with Gasteiger partial charge in [-0.3, -0.25) is 5.43 Å². The summed E-state index contributed by atoms with van der Waals surface area (Å²) >= 11 is 0. The second-order valence-corrected chi connectivity index (χ2v) is 4.18. The summed E-state index contributed by atoms with van der Waals surface area (Å²) < 4.78 is 15.1. The molecule has 3 rings (SSSR count). The zero-order valence-corrected chi connectivity index (χ0v) is 9.89. The predicted octanol–water partition coefficient (Wildman–Crippen LogP) is 3.36. The molecule has 3 aromatic rings. The number of para-hydroxylation sites is 1. The highest BCUT2D eigenvalue weighted by atomic mass is 19.1. The van der Waals surface area contributed by atoms with Crippen LogP contribution in [0.2, 0.25) is 0 Å². The largest absolute Gasteiger partial charge is 0.293 e. The molecule has 1 N–H and O–H groups in total. The lowest BCUT2D eigenvalue weighted by Crippen LogP contribution is -2.07. The van der Waals surface area contributed by atoms with Gasteiger partial charge in [-0.25, -0.2) is 14.1 Å². The molecule has 2 aromatic carbocycles. The minimum Gasteiger partial charge on any atom is -0.293 e. The highest BCUT2D eigenvalue weighted by Gasteiger charge is 2.07. The number of rotatable bonds is 2. The molecule has 0 aliphatic heterocycles. The van der Waals surface area contributed by atoms with E-state index < -0.39 is 0 Å². The Bertz CT molecular complexity index is 689. The third kappa shape index (κ3) is 1.82. The lowest BCUT2D eigenvalue weighted by Gasteiger charge is -2.09. The average molecular weight is 241 g/mol. The Hall–Kier alpha value is -2.36. The second kappa shape index (κ2) is 4.14. The van der Waals surface area contributed by atoms with Gasteiger partial charge < -0.3 is 0 Å². The van der Waals surface area contributed by atoms with Gasteiger partial charge in [0.1, 0.15) is 12.1 Å². The van der Waals surface area contributed by atoms with Gasteiger partial charge in [0.2, 0.25) is 0 Å². The fourth-order valence-electron chi connectivity index (χ4n) is 2.04. The highest BCUT2D eigenvalue weighted by molar-refractivity contribution is 5.79. The molecule has 4 heteroatoms. The number of halogens is 1. The zero-order valence-electron chi connectivity index (χ0n) is 9.89. The van der Waals surface area contributed by atoms with E-state index in [9.17, 15) is 4.39 Å². The number of hydrogen-bond donors (Lipinski definition) is 1. The Morgan fingerprint density at radius 3 is 2.72 bits per heavy atom. The molecular weight excluding hydrogens is 229 g/mol. The van der Waals surface area contributed by atoms with E-state index in [1.54, 1.807) is 11.0 Å². The van der Waals surface area contributed by atoms with Gasteiger partial charge in [-0.15, -0.1) is 0 Å². The van der Waals surface area contributed by atoms with Crippen molar-refractivity contribution in [3.8, 4) is 0 Å². The van der Waals surface area contributed by atoms with Crippen molar-refractivity contribution >= 4 is 16.7 Å². The van der Waals surface area contributed by atoms with Crippen molar-refractivity contribution in [1.82, 2.24) is 9.66 Å². The van der Waals surface area contributed by atoms with Crippen LogP contribution in [0.25, 0.3) is 11.0 Å². The Labute approximate surface area is 104 Å². The van der Waals surface area contributed by atoms with Crippen molar-refractivity contribution in [2.75, 3.05) is 5.43 Å². The fourth-order valence-corrected chi connectivity index (χ4v) is 2.04. The molecule has 18 heavy (non-hydrogen) atoms. The Morgan fingerprint density at radius 1 is 1.17 bits per heavy atom. The van der Waals surface area contributed by atoms with Gasteiger partial charge in [0.05, 0.1) is 16.7 Å². The van der Waals surface area contributed by atoms with Crippen molar-refractivity contribution < 1.29 is 4.39 Å². The number of anilines is 1. The van der Waals surface area contributed by atoms with Gasteiger partial charge in [-0.05, 0) is 30.7 Å². The number of aromatic nitrogens is 2. The Balaban J connectivity index is 2.08. The van der Waals surface area contributed by atoms with Crippen LogP contribution in [0, 0.1) is 12.7 Å². The average Bonchev–Trinajstić information content (AvgIpc) is 2.73. The maximum absolute atomic E-state index is 13.3. The number of aryl methyl sites for hydroxylation is 1. The first-order valence-electron chi connectivity index (χ1n) is 5.69. The summed E-state index contributed by atoms with van der Waals surface area (Å²) in [5.74, 6) is -0.259. The molecule has 0 aliphatic rings. The van der Waals surface area contributed by atoms with E-state index in [0.29, 0.717) is 5.52 Å². The first-order valence-corrected chi connectivity index (χ1v) is 5.69. The molecule has 1 heterocycles. The molecule has 0 unspecified atom stereocenters. The monoisotopic (exact) mass is 241 g/mol. The summed E-state index contributed by atoms with van der Waals surface area (Å²) in [4.78, 5) is 4.20. The molecule has 0 bridgehead atoms. The van der Waals surface area contributed by atoms with Crippen LogP contribution in [0.1, 0.15) is 5.56 Å². The van der Waals surface area contributed by atoms with Crippen LogP contribution in [0.15, 0.2) is 48.8 Å². The lowest BCUT2D eigenvalue weighted by molar-refractivity contribution is 0.628. The number of imidazole rings is 1. The number of hydrogen-bond acceptors (Lipinski definition) is 2. The van der Waals surface area contributed by atoms with Gasteiger partial charge in [0.25, 0.3) is 0 Å². The van der Waals surface area contributed by atoms with E-state index in [1.807, 2.05) is 37.3 Å². The summed E-state index contributed by atoms with van der Waals surface area (Å²) in [5, 5.41) is 0. The molecule has 0 aliphatic carbocycles. The van der Waals surface area contributed by atoms with E-state index in [0.717, 1.165) is 16.8 Å². The van der Waals surface area contributed by atoms with Crippen molar-refractivity contribution in [3.05, 3.63) is 60.2 Å². The molecule has 0 fully saturated rings. The van der Waals surface area contributed by atoms with Gasteiger partial charge >= 0.3 is 0 Å². The van der Waals surface area contributed by atoms with E-state index in [2.05, 4.69) is 10.4 Å². The van der Waals surface area contributed by atoms with Gasteiger partial charge in [-0.1, -0.05) is 18.2 Å². The smallest absolute Gasteiger partial charge is 0.125 e. The van der Waals surface area contributed by atoms with E-state index in [-0.39, 0.29) is 5.82 Å². The molecule has 0 saturated heterocycles. The van der Waals surface area contributed by atoms with Crippen molar-refractivity contribution in [2.24, 2.45) is 0 Å². The lowest BCUT2D eigenvalue weighted by atomic mass is 10.2. The fraction of sp³-hybridized carbons (Fsp3) is 0.0714. The normalized spacial score (nSPS) is 10.8. The minimum atomic E-state index is -0.259. The van der Waals surface area contributed by atoms with Crippen molar-refractivity contribution in [3.63, 3.8) is 0 Å². The van der Waals surface area contributed by atoms with Crippen molar-refractivity contribution in [2.45, 2.75) is 6.92 Å². The molecule has 0 radical (unpaired) electrons. The van der Waals surface area contributed by atoms with Gasteiger partial charge in [-0.2, -0.15) is 0 Å². The van der Waals surface area contributed by atoms with Crippen LogP contribution >= 0.6 is 0 Å². The molecule has 1 aromatic heterocycles. The Kier molecular flexibility index (Phi) is 2.48. The van der Waals surface area contributed by atoms with Gasteiger partial charge in [0.15, 0.2) is 0 Å². The van der Waals surface area contributed by atoms with Crippen LogP contribution in [-0.4, -0.2) is 9.66 Å². The van der Waals surface area contributed by atoms with Crippen LogP contribution in [0.3, 0.4) is 0 Å². The Morgan fingerprint density at radius 2 is 1.94 bits per heavy atom. The van der Waals surface area contributed by atoms with E-state index >= 15 is 0 Å². The van der Waals surface area contributed by atoms with Crippen LogP contribution < -0.4 is 5.43 Å². The van der Waals surface area contributed by atoms with Crippen molar-refractivity contribution in [1.29, 1.82) is 0 Å².